The summed E-state index contributed by atoms with van der Waals surface area (Å²) in [6.45, 7) is 0. The second kappa shape index (κ2) is 4.58. The molecule has 6 heteroatoms. The van der Waals surface area contributed by atoms with Gasteiger partial charge >= 0.3 is 0 Å². The number of nitrogens with two attached hydrogens (primary N) is 1. The summed E-state index contributed by atoms with van der Waals surface area (Å²) < 4.78 is 1.74. The lowest BCUT2D eigenvalue weighted by Gasteiger charge is -2.05. The van der Waals surface area contributed by atoms with Crippen LogP contribution in [-0.4, -0.2) is 20.4 Å². The molecule has 3 aromatic rings. The van der Waals surface area contributed by atoms with Gasteiger partial charge in [0, 0.05) is 11.8 Å². The van der Waals surface area contributed by atoms with Gasteiger partial charge in [-0.1, -0.05) is 0 Å². The number of anilines is 2. The Bertz CT molecular complexity index is 777. The quantitative estimate of drug-likeness (QED) is 0.661. The zero-order valence-electron chi connectivity index (χ0n) is 10.4. The molecule has 4 N–H and O–H groups in total. The van der Waals surface area contributed by atoms with E-state index in [1.54, 1.807) is 41.1 Å². The summed E-state index contributed by atoms with van der Waals surface area (Å²) >= 11 is 0. The van der Waals surface area contributed by atoms with Crippen LogP contribution in [0.4, 0.5) is 11.5 Å². The number of phenolic OH excluding ortho intramolecular Hbond substituents is 1. The van der Waals surface area contributed by atoms with Crippen LogP contribution >= 0.6 is 0 Å². The van der Waals surface area contributed by atoms with E-state index >= 15 is 0 Å². The van der Waals surface area contributed by atoms with Crippen LogP contribution in [0.25, 0.3) is 5.65 Å². The summed E-state index contributed by atoms with van der Waals surface area (Å²) in [6, 6.07) is 9.56. The number of rotatable bonds is 2. The number of carbonyl (C=O) groups excluding carboxylic acids is 1. The fourth-order valence-electron chi connectivity index (χ4n) is 1.90. The molecule has 0 unspecified atom stereocenters. The lowest BCUT2D eigenvalue weighted by Crippen LogP contribution is -2.11. The SMILES string of the molecule is Nc1cn2cc(NC(=O)c3ccc(O)cc3)ccc2n1. The Kier molecular flexibility index (Phi) is 2.76. The summed E-state index contributed by atoms with van der Waals surface area (Å²) in [5, 5.41) is 12.0. The molecule has 2 heterocycles. The number of fused-ring (bicyclic) bond motifs is 1. The van der Waals surface area contributed by atoms with Gasteiger partial charge in [-0.2, -0.15) is 0 Å². The van der Waals surface area contributed by atoms with E-state index in [2.05, 4.69) is 10.3 Å². The van der Waals surface area contributed by atoms with Crippen molar-refractivity contribution >= 4 is 23.1 Å². The third-order valence-corrected chi connectivity index (χ3v) is 2.86. The number of aromatic hydroxyl groups is 1. The van der Waals surface area contributed by atoms with E-state index in [1.165, 1.54) is 12.1 Å². The molecular weight excluding hydrogens is 256 g/mol. The number of phenols is 1. The average Bonchev–Trinajstić information content (AvgIpc) is 2.78. The third kappa shape index (κ3) is 2.26. The molecule has 100 valence electrons. The number of pyridine rings is 1. The van der Waals surface area contributed by atoms with Gasteiger partial charge in [0.2, 0.25) is 0 Å². The number of amides is 1. The predicted octanol–water partition coefficient (Wildman–Crippen LogP) is 1.87. The molecule has 0 spiro atoms. The molecule has 1 aromatic carbocycles. The fourth-order valence-corrected chi connectivity index (χ4v) is 1.90. The largest absolute Gasteiger partial charge is 0.508 e. The topological polar surface area (TPSA) is 92.7 Å². The number of nitrogens with zero attached hydrogens (tertiary/aromatic N) is 2. The van der Waals surface area contributed by atoms with Gasteiger partial charge < -0.3 is 20.6 Å². The molecule has 2 aromatic heterocycles. The second-order valence-corrected chi connectivity index (χ2v) is 4.35. The highest BCUT2D eigenvalue weighted by Crippen LogP contribution is 2.15. The van der Waals surface area contributed by atoms with Crippen LogP contribution in [0.15, 0.2) is 48.8 Å². The van der Waals surface area contributed by atoms with E-state index in [4.69, 9.17) is 5.73 Å². The summed E-state index contributed by atoms with van der Waals surface area (Å²) in [6.07, 6.45) is 3.41. The highest BCUT2D eigenvalue weighted by atomic mass is 16.3. The van der Waals surface area contributed by atoms with Crippen LogP contribution in [0.2, 0.25) is 0 Å². The van der Waals surface area contributed by atoms with Crippen molar-refractivity contribution in [2.24, 2.45) is 0 Å². The van der Waals surface area contributed by atoms with Gasteiger partial charge in [-0.05, 0) is 36.4 Å². The molecule has 0 saturated carbocycles. The number of aromatic nitrogens is 2. The van der Waals surface area contributed by atoms with Gasteiger partial charge in [-0.15, -0.1) is 0 Å². The lowest BCUT2D eigenvalue weighted by molar-refractivity contribution is 0.102. The minimum Gasteiger partial charge on any atom is -0.508 e. The number of hydrogen-bond acceptors (Lipinski definition) is 4. The summed E-state index contributed by atoms with van der Waals surface area (Å²) in [5.74, 6) is 0.293. The zero-order chi connectivity index (χ0) is 14.1. The molecule has 0 saturated heterocycles. The minimum atomic E-state index is -0.252. The van der Waals surface area contributed by atoms with Crippen molar-refractivity contribution in [3.8, 4) is 5.75 Å². The third-order valence-electron chi connectivity index (χ3n) is 2.86. The van der Waals surface area contributed by atoms with Gasteiger partial charge in [0.05, 0.1) is 11.9 Å². The smallest absolute Gasteiger partial charge is 0.255 e. The molecule has 1 amide bonds. The number of nitrogen functional groups attached to an aromatic ring is 1. The van der Waals surface area contributed by atoms with Crippen molar-refractivity contribution in [3.05, 3.63) is 54.4 Å². The number of carbonyl (C=O) groups is 1. The van der Waals surface area contributed by atoms with E-state index in [0.717, 1.165) is 0 Å². The Morgan fingerprint density at radius 1 is 1.15 bits per heavy atom. The first kappa shape index (κ1) is 12.0. The first-order valence-corrected chi connectivity index (χ1v) is 5.96. The van der Waals surface area contributed by atoms with E-state index < -0.39 is 0 Å². The van der Waals surface area contributed by atoms with Gasteiger partial charge in [0.25, 0.3) is 5.91 Å². The molecule has 0 atom stereocenters. The van der Waals surface area contributed by atoms with Crippen LogP contribution in [0, 0.1) is 0 Å². The highest BCUT2D eigenvalue weighted by molar-refractivity contribution is 6.04. The van der Waals surface area contributed by atoms with Crippen LogP contribution in [0.3, 0.4) is 0 Å². The Morgan fingerprint density at radius 2 is 1.90 bits per heavy atom. The van der Waals surface area contributed by atoms with Crippen LogP contribution in [0.5, 0.6) is 5.75 Å². The van der Waals surface area contributed by atoms with Crippen LogP contribution in [0.1, 0.15) is 10.4 Å². The number of imidazole rings is 1. The van der Waals surface area contributed by atoms with Gasteiger partial charge in [-0.25, -0.2) is 4.98 Å². The maximum atomic E-state index is 12.0. The summed E-state index contributed by atoms with van der Waals surface area (Å²) in [4.78, 5) is 16.1. The molecule has 20 heavy (non-hydrogen) atoms. The van der Waals surface area contributed by atoms with Crippen molar-refractivity contribution in [2.45, 2.75) is 0 Å². The van der Waals surface area contributed by atoms with Crippen LogP contribution in [-0.2, 0) is 0 Å². The van der Waals surface area contributed by atoms with E-state index in [1.807, 2.05) is 0 Å². The Balaban J connectivity index is 1.84. The molecule has 0 aliphatic rings. The molecule has 3 rings (SSSR count). The van der Waals surface area contributed by atoms with E-state index in [9.17, 15) is 9.90 Å². The normalized spacial score (nSPS) is 10.6. The van der Waals surface area contributed by atoms with Crippen molar-refractivity contribution in [3.63, 3.8) is 0 Å². The highest BCUT2D eigenvalue weighted by Gasteiger charge is 2.07. The summed E-state index contributed by atoms with van der Waals surface area (Å²) in [7, 11) is 0. The molecular formula is C14H12N4O2. The number of benzene rings is 1. The van der Waals surface area contributed by atoms with Crippen molar-refractivity contribution in [2.75, 3.05) is 11.1 Å². The zero-order valence-corrected chi connectivity index (χ0v) is 10.4. The van der Waals surface area contributed by atoms with Crippen molar-refractivity contribution in [1.29, 1.82) is 0 Å². The molecule has 6 nitrogen and oxygen atoms in total. The standard InChI is InChI=1S/C14H12N4O2/c15-12-8-18-7-10(3-6-13(18)17-12)16-14(20)9-1-4-11(19)5-2-9/h1-8,19H,15H2,(H,16,20). The average molecular weight is 268 g/mol. The van der Waals surface area contributed by atoms with Gasteiger partial charge in [0.1, 0.15) is 17.2 Å². The maximum Gasteiger partial charge on any atom is 0.255 e. The maximum absolute atomic E-state index is 12.0. The van der Waals surface area contributed by atoms with Crippen LogP contribution < -0.4 is 11.1 Å². The fraction of sp³-hybridized carbons (Fsp3) is 0. The first-order valence-electron chi connectivity index (χ1n) is 5.96. The van der Waals surface area contributed by atoms with Gasteiger partial charge in [-0.3, -0.25) is 4.79 Å². The Labute approximate surface area is 114 Å². The molecule has 0 aliphatic heterocycles. The monoisotopic (exact) mass is 268 g/mol. The minimum absolute atomic E-state index is 0.122. The summed E-state index contributed by atoms with van der Waals surface area (Å²) in [5.41, 5.74) is 7.42. The molecule has 0 bridgehead atoms. The molecule has 0 fully saturated rings. The Hall–Kier alpha value is -3.02. The first-order chi connectivity index (χ1) is 9.61. The molecule has 0 radical (unpaired) electrons. The second-order valence-electron chi connectivity index (χ2n) is 4.35. The van der Waals surface area contributed by atoms with Crippen molar-refractivity contribution in [1.82, 2.24) is 9.38 Å². The lowest BCUT2D eigenvalue weighted by atomic mass is 10.2. The van der Waals surface area contributed by atoms with E-state index in [-0.39, 0.29) is 11.7 Å². The van der Waals surface area contributed by atoms with Gasteiger partial charge in [0.15, 0.2) is 0 Å². The predicted molar refractivity (Wildman–Crippen MR) is 75.7 cm³/mol. The number of hydrogen-bond donors (Lipinski definition) is 3. The van der Waals surface area contributed by atoms with Crippen molar-refractivity contribution < 1.29 is 9.90 Å². The number of nitrogens with one attached hydrogen (secondary N) is 1. The Morgan fingerprint density at radius 3 is 2.65 bits per heavy atom. The molecule has 0 aliphatic carbocycles. The van der Waals surface area contributed by atoms with E-state index in [0.29, 0.717) is 22.7 Å².